The van der Waals surface area contributed by atoms with E-state index in [1.165, 1.54) is 11.8 Å². The molecule has 19 heavy (non-hydrogen) atoms. The van der Waals surface area contributed by atoms with Gasteiger partial charge in [0.2, 0.25) is 0 Å². The van der Waals surface area contributed by atoms with Crippen molar-refractivity contribution in [2.75, 3.05) is 11.5 Å². The molecular weight excluding hydrogens is 279 g/mol. The molecule has 0 aromatic carbocycles. The van der Waals surface area contributed by atoms with Crippen LogP contribution in [-0.4, -0.2) is 35.3 Å². The molecule has 0 heterocycles. The summed E-state index contributed by atoms with van der Waals surface area (Å²) in [5.41, 5.74) is 5.07. The molecule has 3 nitrogen and oxygen atoms in total. The maximum absolute atomic E-state index is 11.9. The first-order chi connectivity index (χ1) is 8.51. The molecule has 1 atom stereocenters. The number of hydrogen-bond donors (Lipinski definition) is 1. The Morgan fingerprint density at radius 3 is 2.32 bits per heavy atom. The SMILES string of the molecule is CC(C)(C)OC(=O)C(N)CCSCCCC(F)(F)F. The van der Waals surface area contributed by atoms with E-state index in [9.17, 15) is 18.0 Å². The summed E-state index contributed by atoms with van der Waals surface area (Å²) in [4.78, 5) is 11.5. The molecular formula is C12H22F3NO2S. The van der Waals surface area contributed by atoms with Crippen molar-refractivity contribution >= 4 is 17.7 Å². The van der Waals surface area contributed by atoms with Crippen LogP contribution >= 0.6 is 11.8 Å². The predicted molar refractivity (Wildman–Crippen MR) is 71.1 cm³/mol. The third kappa shape index (κ3) is 12.4. The molecule has 0 aliphatic heterocycles. The van der Waals surface area contributed by atoms with Gasteiger partial charge < -0.3 is 10.5 Å². The van der Waals surface area contributed by atoms with Gasteiger partial charge in [-0.3, -0.25) is 4.79 Å². The van der Waals surface area contributed by atoms with Gasteiger partial charge in [0.25, 0.3) is 0 Å². The average molecular weight is 301 g/mol. The molecule has 0 fully saturated rings. The van der Waals surface area contributed by atoms with Crippen molar-refractivity contribution in [2.24, 2.45) is 5.73 Å². The van der Waals surface area contributed by atoms with E-state index in [2.05, 4.69) is 0 Å². The van der Waals surface area contributed by atoms with Crippen LogP contribution in [0.2, 0.25) is 0 Å². The van der Waals surface area contributed by atoms with Crippen molar-refractivity contribution < 1.29 is 22.7 Å². The number of esters is 1. The third-order valence-corrected chi connectivity index (χ3v) is 3.13. The summed E-state index contributed by atoms with van der Waals surface area (Å²) in [6.45, 7) is 5.26. The molecule has 0 aliphatic carbocycles. The second-order valence-electron chi connectivity index (χ2n) is 5.26. The van der Waals surface area contributed by atoms with E-state index >= 15 is 0 Å². The standard InChI is InChI=1S/C12H22F3NO2S/c1-11(2,3)18-10(17)9(16)5-8-19-7-4-6-12(13,14)15/h9H,4-8,16H2,1-3H3. The maximum Gasteiger partial charge on any atom is 0.389 e. The lowest BCUT2D eigenvalue weighted by atomic mass is 10.2. The molecule has 1 unspecified atom stereocenters. The quantitative estimate of drug-likeness (QED) is 0.580. The molecule has 0 radical (unpaired) electrons. The van der Waals surface area contributed by atoms with Crippen molar-refractivity contribution in [1.29, 1.82) is 0 Å². The second kappa shape index (κ2) is 7.99. The lowest BCUT2D eigenvalue weighted by Crippen LogP contribution is -2.37. The van der Waals surface area contributed by atoms with E-state index in [1.54, 1.807) is 20.8 Å². The number of ether oxygens (including phenoxy) is 1. The monoisotopic (exact) mass is 301 g/mol. The Morgan fingerprint density at radius 2 is 1.84 bits per heavy atom. The summed E-state index contributed by atoms with van der Waals surface area (Å²) >= 11 is 1.37. The zero-order chi connectivity index (χ0) is 15.1. The van der Waals surface area contributed by atoms with Crippen LogP contribution in [0.1, 0.15) is 40.0 Å². The molecule has 0 spiro atoms. The Bertz CT molecular complexity index is 277. The highest BCUT2D eigenvalue weighted by atomic mass is 32.2. The normalized spacial score (nSPS) is 14.3. The summed E-state index contributed by atoms with van der Waals surface area (Å²) in [7, 11) is 0. The largest absolute Gasteiger partial charge is 0.459 e. The van der Waals surface area contributed by atoms with Crippen LogP contribution in [-0.2, 0) is 9.53 Å². The Kier molecular flexibility index (Phi) is 7.81. The Labute approximate surface area is 116 Å². The number of carbonyl (C=O) groups excluding carboxylic acids is 1. The van der Waals surface area contributed by atoms with Crippen LogP contribution in [0.4, 0.5) is 13.2 Å². The number of nitrogens with two attached hydrogens (primary N) is 1. The first-order valence-corrected chi connectivity index (χ1v) is 7.30. The molecule has 0 aromatic rings. The minimum absolute atomic E-state index is 0.0931. The van der Waals surface area contributed by atoms with E-state index in [1.807, 2.05) is 0 Å². The molecule has 0 bridgehead atoms. The molecule has 114 valence electrons. The molecule has 0 aliphatic rings. The number of alkyl halides is 3. The lowest BCUT2D eigenvalue weighted by molar-refractivity contribution is -0.156. The Morgan fingerprint density at radius 1 is 1.26 bits per heavy atom. The van der Waals surface area contributed by atoms with Crippen molar-refractivity contribution in [2.45, 2.75) is 57.9 Å². The van der Waals surface area contributed by atoms with Gasteiger partial charge in [-0.05, 0) is 45.1 Å². The van der Waals surface area contributed by atoms with Gasteiger partial charge in [-0.25, -0.2) is 0 Å². The highest BCUT2D eigenvalue weighted by Gasteiger charge is 2.26. The zero-order valence-corrected chi connectivity index (χ0v) is 12.4. The van der Waals surface area contributed by atoms with E-state index in [-0.39, 0.29) is 6.42 Å². The Hall–Kier alpha value is -0.430. The molecule has 0 aromatic heterocycles. The fourth-order valence-corrected chi connectivity index (χ4v) is 2.16. The average Bonchev–Trinajstić information content (AvgIpc) is 2.18. The smallest absolute Gasteiger partial charge is 0.389 e. The van der Waals surface area contributed by atoms with E-state index in [0.29, 0.717) is 17.9 Å². The summed E-state index contributed by atoms with van der Waals surface area (Å²) in [6.07, 6.45) is -4.35. The lowest BCUT2D eigenvalue weighted by Gasteiger charge is -2.22. The maximum atomic E-state index is 11.9. The van der Waals surface area contributed by atoms with Gasteiger partial charge in [0.1, 0.15) is 11.6 Å². The third-order valence-electron chi connectivity index (χ3n) is 2.03. The van der Waals surface area contributed by atoms with Gasteiger partial charge in [-0.2, -0.15) is 24.9 Å². The van der Waals surface area contributed by atoms with E-state index < -0.39 is 30.2 Å². The van der Waals surface area contributed by atoms with Gasteiger partial charge in [-0.1, -0.05) is 0 Å². The molecule has 0 saturated heterocycles. The molecule has 2 N–H and O–H groups in total. The van der Waals surface area contributed by atoms with E-state index in [4.69, 9.17) is 10.5 Å². The van der Waals surface area contributed by atoms with Crippen molar-refractivity contribution in [3.63, 3.8) is 0 Å². The zero-order valence-electron chi connectivity index (χ0n) is 11.5. The fraction of sp³-hybridized carbons (Fsp3) is 0.917. The Balaban J connectivity index is 3.64. The molecule has 0 amide bonds. The number of rotatable bonds is 7. The topological polar surface area (TPSA) is 52.3 Å². The number of hydrogen-bond acceptors (Lipinski definition) is 4. The van der Waals surface area contributed by atoms with Crippen LogP contribution < -0.4 is 5.73 Å². The number of carbonyl (C=O) groups is 1. The van der Waals surface area contributed by atoms with Crippen LogP contribution in [0.3, 0.4) is 0 Å². The van der Waals surface area contributed by atoms with Gasteiger partial charge in [0.05, 0.1) is 0 Å². The minimum Gasteiger partial charge on any atom is -0.459 e. The second-order valence-corrected chi connectivity index (χ2v) is 6.48. The first-order valence-electron chi connectivity index (χ1n) is 6.14. The molecule has 0 rings (SSSR count). The number of thioether (sulfide) groups is 1. The first kappa shape index (κ1) is 18.6. The van der Waals surface area contributed by atoms with Gasteiger partial charge in [0.15, 0.2) is 0 Å². The van der Waals surface area contributed by atoms with Crippen LogP contribution in [0, 0.1) is 0 Å². The fourth-order valence-electron chi connectivity index (χ4n) is 1.18. The summed E-state index contributed by atoms with van der Waals surface area (Å²) in [5.74, 6) is 0.502. The molecule has 7 heteroatoms. The molecule has 0 saturated carbocycles. The van der Waals surface area contributed by atoms with Gasteiger partial charge in [0, 0.05) is 6.42 Å². The summed E-state index contributed by atoms with van der Waals surface area (Å²) in [5, 5.41) is 0. The van der Waals surface area contributed by atoms with E-state index in [0.717, 1.165) is 0 Å². The summed E-state index contributed by atoms with van der Waals surface area (Å²) < 4.78 is 40.7. The highest BCUT2D eigenvalue weighted by molar-refractivity contribution is 7.99. The van der Waals surface area contributed by atoms with Crippen molar-refractivity contribution in [3.05, 3.63) is 0 Å². The van der Waals surface area contributed by atoms with Crippen LogP contribution in [0.15, 0.2) is 0 Å². The summed E-state index contributed by atoms with van der Waals surface area (Å²) in [6, 6.07) is -0.714. The predicted octanol–water partition coefficient (Wildman–Crippen LogP) is 3.12. The minimum atomic E-state index is -4.09. The van der Waals surface area contributed by atoms with Crippen molar-refractivity contribution in [3.8, 4) is 0 Å². The van der Waals surface area contributed by atoms with Crippen LogP contribution in [0.25, 0.3) is 0 Å². The highest BCUT2D eigenvalue weighted by Crippen LogP contribution is 2.22. The van der Waals surface area contributed by atoms with Crippen LogP contribution in [0.5, 0.6) is 0 Å². The van der Waals surface area contributed by atoms with Crippen molar-refractivity contribution in [1.82, 2.24) is 0 Å². The number of halogens is 3. The van der Waals surface area contributed by atoms with Gasteiger partial charge in [-0.15, -0.1) is 0 Å². The van der Waals surface area contributed by atoms with Gasteiger partial charge >= 0.3 is 12.1 Å².